The van der Waals surface area contributed by atoms with Crippen LogP contribution in [-0.2, 0) is 0 Å². The minimum absolute atomic E-state index is 0.785. The van der Waals surface area contributed by atoms with Gasteiger partial charge in [-0.15, -0.1) is 0 Å². The molecule has 2 heteroatoms. The first-order chi connectivity index (χ1) is 14.3. The summed E-state index contributed by atoms with van der Waals surface area (Å²) in [6.07, 6.45) is 10.5. The van der Waals surface area contributed by atoms with Crippen molar-refractivity contribution in [1.82, 2.24) is 0 Å². The van der Waals surface area contributed by atoms with Crippen LogP contribution in [0.5, 0.6) is 11.5 Å². The molecular weight excluding hydrogens is 356 g/mol. The Hall–Kier alpha value is -2.84. The van der Waals surface area contributed by atoms with E-state index < -0.39 is 0 Å². The Kier molecular flexibility index (Phi) is 11.0. The molecule has 0 saturated heterocycles. The van der Waals surface area contributed by atoms with Gasteiger partial charge in [0.2, 0.25) is 0 Å². The largest absolute Gasteiger partial charge is 0.497 e. The monoisotopic (exact) mass is 388 g/mol. The lowest BCUT2D eigenvalue weighted by Gasteiger charge is -2.06. The molecule has 152 valence electrons. The molecule has 0 aliphatic heterocycles. The molecule has 2 rings (SSSR count). The molecule has 0 atom stereocenters. The van der Waals surface area contributed by atoms with Crippen molar-refractivity contribution in [2.45, 2.75) is 58.3 Å². The number of rotatable bonds is 11. The highest BCUT2D eigenvalue weighted by Gasteiger charge is 1.95. The summed E-state index contributed by atoms with van der Waals surface area (Å²) in [6, 6.07) is 15.5. The molecule has 0 fully saturated rings. The topological polar surface area (TPSA) is 18.5 Å². The lowest BCUT2D eigenvalue weighted by molar-refractivity contribution is 0.304. The van der Waals surface area contributed by atoms with Gasteiger partial charge >= 0.3 is 0 Å². The second-order valence-electron chi connectivity index (χ2n) is 7.08. The Bertz CT molecular complexity index is 811. The molecule has 2 nitrogen and oxygen atoms in total. The number of hydrogen-bond acceptors (Lipinski definition) is 2. The summed E-state index contributed by atoms with van der Waals surface area (Å²) in [6.45, 7) is 3.04. The second kappa shape index (κ2) is 14.2. The fourth-order valence-electron chi connectivity index (χ4n) is 2.94. The van der Waals surface area contributed by atoms with Crippen LogP contribution in [0, 0.1) is 23.7 Å². The number of benzene rings is 2. The Balaban J connectivity index is 1.66. The molecule has 29 heavy (non-hydrogen) atoms. The second-order valence-corrected chi connectivity index (χ2v) is 7.08. The van der Waals surface area contributed by atoms with Gasteiger partial charge in [-0.25, -0.2) is 0 Å². The van der Waals surface area contributed by atoms with Gasteiger partial charge in [0.1, 0.15) is 11.5 Å². The molecule has 0 amide bonds. The molecule has 0 radical (unpaired) electrons. The molecule has 2 aromatic rings. The first-order valence-corrected chi connectivity index (χ1v) is 10.7. The molecule has 0 aromatic heterocycles. The maximum atomic E-state index is 5.82. The molecule has 0 aliphatic carbocycles. The van der Waals surface area contributed by atoms with E-state index in [1.165, 1.54) is 44.9 Å². The molecule has 0 spiro atoms. The number of ether oxygens (including phenoxy) is 2. The van der Waals surface area contributed by atoms with Crippen LogP contribution in [-0.4, -0.2) is 13.7 Å². The predicted molar refractivity (Wildman–Crippen MR) is 121 cm³/mol. The lowest BCUT2D eigenvalue weighted by Crippen LogP contribution is -1.97. The van der Waals surface area contributed by atoms with E-state index in [2.05, 4.69) is 30.6 Å². The Morgan fingerprint density at radius 3 is 1.62 bits per heavy atom. The van der Waals surface area contributed by atoms with Crippen molar-refractivity contribution in [2.24, 2.45) is 0 Å². The van der Waals surface area contributed by atoms with E-state index >= 15 is 0 Å². The molecule has 0 bridgehead atoms. The van der Waals surface area contributed by atoms with Gasteiger partial charge in [-0.3, -0.25) is 0 Å². The number of unbranched alkanes of at least 4 members (excludes halogenated alkanes) is 7. The Labute approximate surface area is 176 Å². The highest BCUT2D eigenvalue weighted by molar-refractivity contribution is 5.46. The van der Waals surface area contributed by atoms with Crippen molar-refractivity contribution in [3.8, 4) is 35.2 Å². The zero-order valence-electron chi connectivity index (χ0n) is 17.8. The van der Waals surface area contributed by atoms with Crippen molar-refractivity contribution in [3.63, 3.8) is 0 Å². The standard InChI is InChI=1S/C27H32O2/c1-3-4-5-6-7-8-9-12-23-29-27-21-17-25(18-22-27)14-11-10-13-24-15-19-26(28-2)20-16-24/h15-22H,3-9,12,23H2,1-2H3. The first kappa shape index (κ1) is 22.4. The van der Waals surface area contributed by atoms with E-state index in [1.807, 2.05) is 48.5 Å². The zero-order chi connectivity index (χ0) is 20.6. The van der Waals surface area contributed by atoms with Crippen LogP contribution in [0.4, 0.5) is 0 Å². The summed E-state index contributed by atoms with van der Waals surface area (Å²) < 4.78 is 11.0. The van der Waals surface area contributed by atoms with Gasteiger partial charge < -0.3 is 9.47 Å². The maximum Gasteiger partial charge on any atom is 0.119 e. The summed E-state index contributed by atoms with van der Waals surface area (Å²) >= 11 is 0. The van der Waals surface area contributed by atoms with E-state index in [0.29, 0.717) is 0 Å². The minimum Gasteiger partial charge on any atom is -0.497 e. The molecule has 0 N–H and O–H groups in total. The Morgan fingerprint density at radius 1 is 0.621 bits per heavy atom. The van der Waals surface area contributed by atoms with Gasteiger partial charge in [0, 0.05) is 11.1 Å². The van der Waals surface area contributed by atoms with E-state index in [9.17, 15) is 0 Å². The molecule has 0 saturated carbocycles. The fraction of sp³-hybridized carbons (Fsp3) is 0.407. The highest BCUT2D eigenvalue weighted by Crippen LogP contribution is 2.13. The quantitative estimate of drug-likeness (QED) is 0.318. The van der Waals surface area contributed by atoms with E-state index in [1.54, 1.807) is 7.11 Å². The van der Waals surface area contributed by atoms with Gasteiger partial charge in [0.05, 0.1) is 13.7 Å². The molecule has 2 aromatic carbocycles. The average Bonchev–Trinajstić information content (AvgIpc) is 2.77. The van der Waals surface area contributed by atoms with Crippen molar-refractivity contribution in [1.29, 1.82) is 0 Å². The third-order valence-corrected chi connectivity index (χ3v) is 4.69. The van der Waals surface area contributed by atoms with E-state index in [4.69, 9.17) is 9.47 Å². The molecule has 0 heterocycles. The predicted octanol–water partition coefficient (Wildman–Crippen LogP) is 6.62. The third-order valence-electron chi connectivity index (χ3n) is 4.69. The lowest BCUT2D eigenvalue weighted by atomic mass is 10.1. The summed E-state index contributed by atoms with van der Waals surface area (Å²) in [7, 11) is 1.65. The summed E-state index contributed by atoms with van der Waals surface area (Å²) in [5, 5.41) is 0. The van der Waals surface area contributed by atoms with Gasteiger partial charge in [0.15, 0.2) is 0 Å². The van der Waals surface area contributed by atoms with E-state index in [0.717, 1.165) is 35.7 Å². The maximum absolute atomic E-state index is 5.82. The van der Waals surface area contributed by atoms with Gasteiger partial charge in [-0.1, -0.05) is 63.7 Å². The summed E-state index contributed by atoms with van der Waals surface area (Å²) in [5.74, 6) is 13.6. The average molecular weight is 389 g/mol. The first-order valence-electron chi connectivity index (χ1n) is 10.7. The molecule has 0 unspecified atom stereocenters. The minimum atomic E-state index is 0.785. The molecular formula is C27H32O2. The summed E-state index contributed by atoms with van der Waals surface area (Å²) in [5.41, 5.74) is 1.86. The van der Waals surface area contributed by atoms with Gasteiger partial charge in [-0.2, -0.15) is 0 Å². The van der Waals surface area contributed by atoms with Crippen LogP contribution in [0.2, 0.25) is 0 Å². The normalized spacial score (nSPS) is 9.72. The van der Waals surface area contributed by atoms with Crippen LogP contribution in [0.25, 0.3) is 0 Å². The Morgan fingerprint density at radius 2 is 1.10 bits per heavy atom. The molecule has 0 aliphatic rings. The zero-order valence-corrected chi connectivity index (χ0v) is 17.8. The van der Waals surface area contributed by atoms with Gasteiger partial charge in [0.25, 0.3) is 0 Å². The van der Waals surface area contributed by atoms with Crippen LogP contribution in [0.15, 0.2) is 48.5 Å². The van der Waals surface area contributed by atoms with Crippen LogP contribution in [0.1, 0.15) is 69.4 Å². The number of hydrogen-bond donors (Lipinski definition) is 0. The van der Waals surface area contributed by atoms with Crippen molar-refractivity contribution >= 4 is 0 Å². The highest BCUT2D eigenvalue weighted by atomic mass is 16.5. The van der Waals surface area contributed by atoms with Gasteiger partial charge in [-0.05, 0) is 66.8 Å². The van der Waals surface area contributed by atoms with Crippen molar-refractivity contribution < 1.29 is 9.47 Å². The van der Waals surface area contributed by atoms with Crippen LogP contribution < -0.4 is 9.47 Å². The SMILES string of the molecule is CCCCCCCCCCOc1ccc(C#CC#Cc2ccc(OC)cc2)cc1. The van der Waals surface area contributed by atoms with Crippen LogP contribution in [0.3, 0.4) is 0 Å². The van der Waals surface area contributed by atoms with Crippen molar-refractivity contribution in [3.05, 3.63) is 59.7 Å². The smallest absolute Gasteiger partial charge is 0.119 e. The fourth-order valence-corrected chi connectivity index (χ4v) is 2.94. The third kappa shape index (κ3) is 9.77. The number of methoxy groups -OCH3 is 1. The van der Waals surface area contributed by atoms with E-state index in [-0.39, 0.29) is 0 Å². The van der Waals surface area contributed by atoms with Crippen LogP contribution >= 0.6 is 0 Å². The summed E-state index contributed by atoms with van der Waals surface area (Å²) in [4.78, 5) is 0. The van der Waals surface area contributed by atoms with Crippen molar-refractivity contribution in [2.75, 3.05) is 13.7 Å².